The largest absolute Gasteiger partial charge is 0.355 e. The number of benzene rings is 1. The van der Waals surface area contributed by atoms with Gasteiger partial charge in [0.05, 0.1) is 5.57 Å². The van der Waals surface area contributed by atoms with Gasteiger partial charge < -0.3 is 5.32 Å². The van der Waals surface area contributed by atoms with Crippen molar-refractivity contribution in [3.63, 3.8) is 0 Å². The SMILES string of the molecule is CNC(=O)C1=C(CCCCCCl)c2ccccc2C1=O. The Morgan fingerprint density at radius 2 is 1.85 bits per heavy atom. The summed E-state index contributed by atoms with van der Waals surface area (Å²) in [4.78, 5) is 24.3. The maximum absolute atomic E-state index is 12.4. The zero-order chi connectivity index (χ0) is 14.5. The minimum Gasteiger partial charge on any atom is -0.355 e. The molecule has 0 aliphatic heterocycles. The molecular weight excluding hydrogens is 274 g/mol. The van der Waals surface area contributed by atoms with Crippen LogP contribution in [-0.2, 0) is 4.79 Å². The zero-order valence-electron chi connectivity index (χ0n) is 11.5. The van der Waals surface area contributed by atoms with E-state index in [1.54, 1.807) is 13.1 Å². The Labute approximate surface area is 124 Å². The van der Waals surface area contributed by atoms with Gasteiger partial charge in [-0.3, -0.25) is 9.59 Å². The minimum absolute atomic E-state index is 0.160. The molecule has 4 heteroatoms. The Balaban J connectivity index is 2.30. The van der Waals surface area contributed by atoms with Crippen LogP contribution < -0.4 is 5.32 Å². The number of likely N-dealkylation sites (N-methyl/N-ethyl adjacent to an activating group) is 1. The van der Waals surface area contributed by atoms with Crippen LogP contribution in [0.25, 0.3) is 5.57 Å². The topological polar surface area (TPSA) is 46.2 Å². The number of fused-ring (bicyclic) bond motifs is 1. The average molecular weight is 292 g/mol. The minimum atomic E-state index is -0.293. The molecule has 0 aromatic heterocycles. The third-order valence-electron chi connectivity index (χ3n) is 3.54. The second-order valence-corrected chi connectivity index (χ2v) is 5.18. The van der Waals surface area contributed by atoms with E-state index >= 15 is 0 Å². The van der Waals surface area contributed by atoms with Crippen molar-refractivity contribution < 1.29 is 9.59 Å². The second kappa shape index (κ2) is 6.71. The number of hydrogen-bond acceptors (Lipinski definition) is 2. The van der Waals surface area contributed by atoms with E-state index in [-0.39, 0.29) is 11.7 Å². The van der Waals surface area contributed by atoms with Crippen molar-refractivity contribution in [1.82, 2.24) is 5.32 Å². The van der Waals surface area contributed by atoms with Gasteiger partial charge in [-0.1, -0.05) is 30.7 Å². The Hall–Kier alpha value is -1.61. The van der Waals surface area contributed by atoms with Crippen LogP contribution in [0.4, 0.5) is 0 Å². The number of nitrogens with one attached hydrogen (secondary N) is 1. The van der Waals surface area contributed by atoms with Gasteiger partial charge >= 0.3 is 0 Å². The number of rotatable bonds is 6. The lowest BCUT2D eigenvalue weighted by atomic mass is 9.99. The molecule has 1 aromatic carbocycles. The Morgan fingerprint density at radius 3 is 2.50 bits per heavy atom. The van der Waals surface area contributed by atoms with Gasteiger partial charge in [0.1, 0.15) is 0 Å². The molecule has 1 aliphatic carbocycles. The lowest BCUT2D eigenvalue weighted by Crippen LogP contribution is -2.23. The number of allylic oxidation sites excluding steroid dienone is 1. The zero-order valence-corrected chi connectivity index (χ0v) is 12.3. The first kappa shape index (κ1) is 14.8. The van der Waals surface area contributed by atoms with E-state index in [0.29, 0.717) is 17.0 Å². The fourth-order valence-corrected chi connectivity index (χ4v) is 2.74. The summed E-state index contributed by atoms with van der Waals surface area (Å²) in [7, 11) is 1.55. The fourth-order valence-electron chi connectivity index (χ4n) is 2.55. The van der Waals surface area contributed by atoms with Crippen LogP contribution in [0.1, 0.15) is 41.6 Å². The third-order valence-corrected chi connectivity index (χ3v) is 3.81. The van der Waals surface area contributed by atoms with Gasteiger partial charge in [0, 0.05) is 18.5 Å². The summed E-state index contributed by atoms with van der Waals surface area (Å²) < 4.78 is 0. The molecule has 1 amide bonds. The van der Waals surface area contributed by atoms with Gasteiger partial charge in [0.25, 0.3) is 5.91 Å². The molecular formula is C16H18ClNO2. The molecule has 1 aromatic rings. The number of ketones is 1. The maximum Gasteiger partial charge on any atom is 0.255 e. The molecule has 1 N–H and O–H groups in total. The Morgan fingerprint density at radius 1 is 1.15 bits per heavy atom. The predicted molar refractivity (Wildman–Crippen MR) is 80.9 cm³/mol. The summed E-state index contributed by atoms with van der Waals surface area (Å²) in [6.45, 7) is 0. The third kappa shape index (κ3) is 2.78. The number of amides is 1. The molecule has 1 aliphatic rings. The normalized spacial score (nSPS) is 13.6. The summed E-state index contributed by atoms with van der Waals surface area (Å²) in [5, 5.41) is 2.56. The molecule has 0 heterocycles. The van der Waals surface area contributed by atoms with Gasteiger partial charge in [-0.2, -0.15) is 0 Å². The van der Waals surface area contributed by atoms with Gasteiger partial charge in [-0.15, -0.1) is 11.6 Å². The van der Waals surface area contributed by atoms with Crippen molar-refractivity contribution in [3.05, 3.63) is 41.0 Å². The first-order valence-corrected chi connectivity index (χ1v) is 7.39. The molecule has 0 bridgehead atoms. The Bertz CT molecular complexity index is 563. The van der Waals surface area contributed by atoms with Gasteiger partial charge in [0.2, 0.25) is 0 Å². The highest BCUT2D eigenvalue weighted by Crippen LogP contribution is 2.36. The molecule has 0 radical (unpaired) electrons. The molecule has 0 unspecified atom stereocenters. The lowest BCUT2D eigenvalue weighted by molar-refractivity contribution is -0.116. The van der Waals surface area contributed by atoms with Crippen molar-refractivity contribution >= 4 is 28.9 Å². The van der Waals surface area contributed by atoms with Crippen molar-refractivity contribution in [1.29, 1.82) is 0 Å². The van der Waals surface area contributed by atoms with Crippen LogP contribution in [0.15, 0.2) is 29.8 Å². The summed E-state index contributed by atoms with van der Waals surface area (Å²) in [5.74, 6) is 0.197. The summed E-state index contributed by atoms with van der Waals surface area (Å²) in [6.07, 6.45) is 3.64. The predicted octanol–water partition coefficient (Wildman–Crippen LogP) is 3.18. The monoisotopic (exact) mass is 291 g/mol. The van der Waals surface area contributed by atoms with Crippen LogP contribution in [0, 0.1) is 0 Å². The van der Waals surface area contributed by atoms with Crippen molar-refractivity contribution in [2.45, 2.75) is 25.7 Å². The van der Waals surface area contributed by atoms with Gasteiger partial charge in [-0.05, 0) is 30.4 Å². The molecule has 2 rings (SSSR count). The first-order chi connectivity index (χ1) is 9.70. The van der Waals surface area contributed by atoms with E-state index in [2.05, 4.69) is 5.32 Å². The lowest BCUT2D eigenvalue weighted by Gasteiger charge is -2.06. The van der Waals surface area contributed by atoms with Crippen LogP contribution in [0.3, 0.4) is 0 Å². The van der Waals surface area contributed by atoms with Gasteiger partial charge in [0.15, 0.2) is 5.78 Å². The maximum atomic E-state index is 12.4. The van der Waals surface area contributed by atoms with Crippen LogP contribution >= 0.6 is 11.6 Å². The molecule has 106 valence electrons. The highest BCUT2D eigenvalue weighted by atomic mass is 35.5. The van der Waals surface area contributed by atoms with E-state index in [0.717, 1.165) is 36.8 Å². The number of unbranched alkanes of at least 4 members (excludes halogenated alkanes) is 2. The van der Waals surface area contributed by atoms with E-state index in [1.165, 1.54) is 0 Å². The quantitative estimate of drug-likeness (QED) is 0.497. The van der Waals surface area contributed by atoms with Crippen LogP contribution in [0.5, 0.6) is 0 Å². The second-order valence-electron chi connectivity index (χ2n) is 4.81. The van der Waals surface area contributed by atoms with E-state index in [9.17, 15) is 9.59 Å². The summed E-state index contributed by atoms with van der Waals surface area (Å²) in [6, 6.07) is 7.43. The van der Waals surface area contributed by atoms with Crippen LogP contribution in [0.2, 0.25) is 0 Å². The first-order valence-electron chi connectivity index (χ1n) is 6.86. The van der Waals surface area contributed by atoms with Crippen LogP contribution in [-0.4, -0.2) is 24.6 Å². The molecule has 0 saturated carbocycles. The van der Waals surface area contributed by atoms with Crippen molar-refractivity contribution in [2.75, 3.05) is 12.9 Å². The summed E-state index contributed by atoms with van der Waals surface area (Å²) >= 11 is 5.67. The molecule has 3 nitrogen and oxygen atoms in total. The van der Waals surface area contributed by atoms with Gasteiger partial charge in [-0.25, -0.2) is 0 Å². The Kier molecular flexibility index (Phi) is 4.96. The van der Waals surface area contributed by atoms with E-state index in [4.69, 9.17) is 11.6 Å². The average Bonchev–Trinajstić information content (AvgIpc) is 2.76. The van der Waals surface area contributed by atoms with Crippen molar-refractivity contribution in [3.8, 4) is 0 Å². The highest BCUT2D eigenvalue weighted by molar-refractivity contribution is 6.34. The number of Topliss-reactive ketones (excluding diaryl/α,β-unsaturated/α-hetero) is 1. The number of alkyl halides is 1. The summed E-state index contributed by atoms with van der Waals surface area (Å²) in [5.41, 5.74) is 2.72. The van der Waals surface area contributed by atoms with E-state index in [1.807, 2.05) is 18.2 Å². The fraction of sp³-hybridized carbons (Fsp3) is 0.375. The molecule has 0 fully saturated rings. The number of carbonyl (C=O) groups is 2. The molecule has 0 spiro atoms. The highest BCUT2D eigenvalue weighted by Gasteiger charge is 2.32. The molecule has 0 atom stereocenters. The molecule has 20 heavy (non-hydrogen) atoms. The standard InChI is InChI=1S/C16H18ClNO2/c1-18-16(20)14-12(8-3-2-6-10-17)11-7-4-5-9-13(11)15(14)19/h4-5,7,9H,2-3,6,8,10H2,1H3,(H,18,20). The van der Waals surface area contributed by atoms with Crippen molar-refractivity contribution in [2.24, 2.45) is 0 Å². The number of hydrogen-bond donors (Lipinski definition) is 1. The number of carbonyl (C=O) groups excluding carboxylic acids is 2. The smallest absolute Gasteiger partial charge is 0.255 e. The molecule has 0 saturated heterocycles. The van der Waals surface area contributed by atoms with E-state index < -0.39 is 0 Å². The number of halogens is 1.